The van der Waals surface area contributed by atoms with Crippen molar-refractivity contribution in [2.75, 3.05) is 16.4 Å². The summed E-state index contributed by atoms with van der Waals surface area (Å²) in [5.74, 6) is -0.807. The quantitative estimate of drug-likeness (QED) is 0.617. The molecule has 0 N–H and O–H groups in total. The molecule has 0 saturated carbocycles. The van der Waals surface area contributed by atoms with E-state index in [0.717, 1.165) is 35.0 Å². The van der Waals surface area contributed by atoms with Gasteiger partial charge in [-0.1, -0.05) is 53.2 Å². The Morgan fingerprint density at radius 1 is 1.19 bits per heavy atom. The zero-order valence-electron chi connectivity index (χ0n) is 16.8. The molecular weight excluding hydrogens is 485 g/mol. The Bertz CT molecular complexity index is 1200. The molecule has 4 rings (SSSR count). The highest BCUT2D eigenvalue weighted by molar-refractivity contribution is 8.16. The maximum atomic E-state index is 13.4. The summed E-state index contributed by atoms with van der Waals surface area (Å²) in [5.41, 5.74) is 0.868. The van der Waals surface area contributed by atoms with E-state index in [1.807, 2.05) is 31.2 Å². The average molecular weight is 503 g/mol. The normalized spacial score (nSPS) is 23.5. The SMILES string of the molecule is Cc1ccc(CC(=O)N=C2S[C@@H]3CS(=O)(=O)C[C@H]3N2c2ccc(Cl)c(C(F)(F)F)c2)cc1. The number of amidine groups is 1. The van der Waals surface area contributed by atoms with Gasteiger partial charge in [0.05, 0.1) is 34.6 Å². The van der Waals surface area contributed by atoms with Crippen LogP contribution in [0, 0.1) is 6.92 Å². The number of aliphatic imine (C=N–C) groups is 1. The van der Waals surface area contributed by atoms with Crippen molar-refractivity contribution in [2.24, 2.45) is 4.99 Å². The van der Waals surface area contributed by atoms with Crippen molar-refractivity contribution in [2.45, 2.75) is 30.8 Å². The first kappa shape index (κ1) is 23.1. The van der Waals surface area contributed by atoms with Gasteiger partial charge < -0.3 is 4.90 Å². The number of fused-ring (bicyclic) bond motifs is 1. The maximum Gasteiger partial charge on any atom is 0.417 e. The lowest BCUT2D eigenvalue weighted by atomic mass is 10.1. The first-order valence-corrected chi connectivity index (χ1v) is 12.7. The van der Waals surface area contributed by atoms with E-state index in [-0.39, 0.29) is 28.8 Å². The van der Waals surface area contributed by atoms with E-state index < -0.39 is 43.8 Å². The molecule has 2 fully saturated rings. The zero-order chi connectivity index (χ0) is 23.3. The number of hydrogen-bond acceptors (Lipinski definition) is 4. The number of amides is 1. The Labute approximate surface area is 192 Å². The van der Waals surface area contributed by atoms with Crippen LogP contribution in [0.5, 0.6) is 0 Å². The van der Waals surface area contributed by atoms with Crippen LogP contribution in [0.3, 0.4) is 0 Å². The van der Waals surface area contributed by atoms with E-state index in [0.29, 0.717) is 0 Å². The third-order valence-electron chi connectivity index (χ3n) is 5.30. The summed E-state index contributed by atoms with van der Waals surface area (Å²) in [6.07, 6.45) is -4.65. The number of hydrogen-bond donors (Lipinski definition) is 0. The van der Waals surface area contributed by atoms with Crippen molar-refractivity contribution in [3.8, 4) is 0 Å². The van der Waals surface area contributed by atoms with Gasteiger partial charge in [-0.15, -0.1) is 0 Å². The van der Waals surface area contributed by atoms with Gasteiger partial charge in [-0.2, -0.15) is 18.2 Å². The van der Waals surface area contributed by atoms with E-state index in [1.54, 1.807) is 0 Å². The molecule has 2 aliphatic heterocycles. The van der Waals surface area contributed by atoms with Gasteiger partial charge in [0.1, 0.15) is 0 Å². The van der Waals surface area contributed by atoms with E-state index in [9.17, 15) is 26.4 Å². The topological polar surface area (TPSA) is 66.8 Å². The Kier molecular flexibility index (Phi) is 6.06. The number of aryl methyl sites for hydroxylation is 1. The smallest absolute Gasteiger partial charge is 0.316 e. The number of carbonyl (C=O) groups excluding carboxylic acids is 1. The van der Waals surface area contributed by atoms with Gasteiger partial charge in [-0.05, 0) is 30.7 Å². The number of halogens is 4. The number of carbonyl (C=O) groups is 1. The number of rotatable bonds is 3. The number of anilines is 1. The summed E-state index contributed by atoms with van der Waals surface area (Å²) < 4.78 is 64.5. The molecule has 2 saturated heterocycles. The number of thioether (sulfide) groups is 1. The second-order valence-corrected chi connectivity index (χ2v) is 11.6. The van der Waals surface area contributed by atoms with Gasteiger partial charge in [0.25, 0.3) is 5.91 Å². The van der Waals surface area contributed by atoms with E-state index in [1.165, 1.54) is 11.0 Å². The van der Waals surface area contributed by atoms with Crippen LogP contribution in [0.1, 0.15) is 16.7 Å². The van der Waals surface area contributed by atoms with Crippen LogP contribution in [0.15, 0.2) is 47.5 Å². The number of sulfone groups is 1. The minimum Gasteiger partial charge on any atom is -0.316 e. The molecule has 0 unspecified atom stereocenters. The molecule has 1 amide bonds. The van der Waals surface area contributed by atoms with Crippen molar-refractivity contribution in [3.05, 3.63) is 64.2 Å². The molecule has 32 heavy (non-hydrogen) atoms. The van der Waals surface area contributed by atoms with Gasteiger partial charge >= 0.3 is 6.18 Å². The fraction of sp³-hybridized carbons (Fsp3) is 0.333. The van der Waals surface area contributed by atoms with Crippen LogP contribution in [0.4, 0.5) is 18.9 Å². The van der Waals surface area contributed by atoms with Crippen LogP contribution < -0.4 is 4.90 Å². The zero-order valence-corrected chi connectivity index (χ0v) is 19.2. The van der Waals surface area contributed by atoms with Gasteiger partial charge in [0.15, 0.2) is 15.0 Å². The highest BCUT2D eigenvalue weighted by atomic mass is 35.5. The van der Waals surface area contributed by atoms with Crippen LogP contribution in [0.25, 0.3) is 0 Å². The minimum absolute atomic E-state index is 0.0280. The maximum absolute atomic E-state index is 13.4. The molecule has 2 heterocycles. The van der Waals surface area contributed by atoms with Crippen molar-refractivity contribution in [1.29, 1.82) is 0 Å². The molecule has 0 aromatic heterocycles. The van der Waals surface area contributed by atoms with Gasteiger partial charge in [0, 0.05) is 10.9 Å². The average Bonchev–Trinajstić information content (AvgIpc) is 3.14. The van der Waals surface area contributed by atoms with E-state index >= 15 is 0 Å². The molecule has 5 nitrogen and oxygen atoms in total. The Morgan fingerprint density at radius 2 is 1.88 bits per heavy atom. The molecule has 2 atom stereocenters. The van der Waals surface area contributed by atoms with Crippen molar-refractivity contribution in [1.82, 2.24) is 0 Å². The van der Waals surface area contributed by atoms with Crippen molar-refractivity contribution < 1.29 is 26.4 Å². The Hall–Kier alpha value is -2.04. The van der Waals surface area contributed by atoms with Crippen LogP contribution in [-0.2, 0) is 27.2 Å². The molecule has 0 aliphatic carbocycles. The lowest BCUT2D eigenvalue weighted by Gasteiger charge is -2.25. The summed E-state index contributed by atoms with van der Waals surface area (Å²) in [4.78, 5) is 18.2. The molecular formula is C21H18ClF3N2O3S2. The molecule has 11 heteroatoms. The standard InChI is InChI=1S/C21H18ClF3N2O3S2/c1-12-2-4-13(5-3-12)8-19(28)26-20-27(17-10-32(29,30)11-18(17)31-20)14-6-7-16(22)15(9-14)21(23,24)25/h2-7,9,17-18H,8,10-11H2,1H3/t17-,18-/m1/s1. The highest BCUT2D eigenvalue weighted by Gasteiger charge is 2.49. The first-order valence-electron chi connectivity index (χ1n) is 9.63. The van der Waals surface area contributed by atoms with Gasteiger partial charge in [-0.25, -0.2) is 8.42 Å². The highest BCUT2D eigenvalue weighted by Crippen LogP contribution is 2.43. The number of benzene rings is 2. The Morgan fingerprint density at radius 3 is 2.53 bits per heavy atom. The van der Waals surface area contributed by atoms with E-state index in [2.05, 4.69) is 4.99 Å². The number of alkyl halides is 3. The predicted octanol–water partition coefficient (Wildman–Crippen LogP) is 4.51. The predicted molar refractivity (Wildman–Crippen MR) is 120 cm³/mol. The molecule has 2 aromatic carbocycles. The summed E-state index contributed by atoms with van der Waals surface area (Å²) in [6, 6.07) is 10.1. The molecule has 170 valence electrons. The lowest BCUT2D eigenvalue weighted by Crippen LogP contribution is -2.38. The Balaban J connectivity index is 1.70. The summed E-state index contributed by atoms with van der Waals surface area (Å²) in [7, 11) is -3.35. The van der Waals surface area contributed by atoms with Gasteiger partial charge in [0.2, 0.25) is 0 Å². The fourth-order valence-electron chi connectivity index (χ4n) is 3.77. The molecule has 0 spiro atoms. The van der Waals surface area contributed by atoms with Crippen molar-refractivity contribution in [3.63, 3.8) is 0 Å². The van der Waals surface area contributed by atoms with Crippen LogP contribution in [-0.4, -0.2) is 42.3 Å². The lowest BCUT2D eigenvalue weighted by molar-refractivity contribution is -0.137. The van der Waals surface area contributed by atoms with Gasteiger partial charge in [-0.3, -0.25) is 4.79 Å². The first-order chi connectivity index (χ1) is 14.9. The second-order valence-electron chi connectivity index (χ2n) is 7.78. The minimum atomic E-state index is -4.68. The third-order valence-corrected chi connectivity index (χ3v) is 8.84. The molecule has 2 aliphatic rings. The second kappa shape index (κ2) is 8.39. The monoisotopic (exact) mass is 502 g/mol. The fourth-order valence-corrected chi connectivity index (χ4v) is 7.93. The molecule has 0 bridgehead atoms. The largest absolute Gasteiger partial charge is 0.417 e. The van der Waals surface area contributed by atoms with Crippen LogP contribution >= 0.6 is 23.4 Å². The van der Waals surface area contributed by atoms with Crippen molar-refractivity contribution >= 4 is 50.0 Å². The summed E-state index contributed by atoms with van der Waals surface area (Å²) in [5, 5.41) is -0.684. The summed E-state index contributed by atoms with van der Waals surface area (Å²) in [6.45, 7) is 1.92. The summed E-state index contributed by atoms with van der Waals surface area (Å²) >= 11 is 6.85. The van der Waals surface area contributed by atoms with E-state index in [4.69, 9.17) is 11.6 Å². The number of nitrogens with zero attached hydrogens (tertiary/aromatic N) is 2. The third kappa shape index (κ3) is 4.82. The molecule has 2 aromatic rings. The molecule has 0 radical (unpaired) electrons. The van der Waals surface area contributed by atoms with Crippen LogP contribution in [0.2, 0.25) is 5.02 Å².